The van der Waals surface area contributed by atoms with Crippen LogP contribution in [0.25, 0.3) is 0 Å². The average Bonchev–Trinajstić information content (AvgIpc) is 2.46. The van der Waals surface area contributed by atoms with Crippen LogP contribution < -0.4 is 9.46 Å². The lowest BCUT2D eigenvalue weighted by Crippen LogP contribution is -2.39. The second kappa shape index (κ2) is 8.46. The molecular formula is C16H20ClFN2O4S. The normalized spacial score (nSPS) is 12.2. The molecule has 0 radical (unpaired) electrons. The molecule has 1 amide bonds. The van der Waals surface area contributed by atoms with Crippen LogP contribution in [0.5, 0.6) is 5.75 Å². The summed E-state index contributed by atoms with van der Waals surface area (Å²) in [6, 6.07) is 2.26. The first-order valence-corrected chi connectivity index (χ1v) is 8.95. The highest BCUT2D eigenvalue weighted by Gasteiger charge is 2.22. The van der Waals surface area contributed by atoms with Crippen molar-refractivity contribution >= 4 is 27.7 Å². The van der Waals surface area contributed by atoms with Crippen molar-refractivity contribution in [1.82, 2.24) is 9.03 Å². The molecule has 1 aromatic rings. The number of carbonyl (C=O) groups is 1. The molecule has 0 unspecified atom stereocenters. The Hall–Kier alpha value is -1.90. The quantitative estimate of drug-likeness (QED) is 0.726. The van der Waals surface area contributed by atoms with Gasteiger partial charge in [-0.2, -0.15) is 12.7 Å². The number of nitrogens with zero attached hydrogens (tertiary/aromatic N) is 1. The van der Waals surface area contributed by atoms with Crippen LogP contribution in [0, 0.1) is 12.7 Å². The number of rotatable bonds is 7. The van der Waals surface area contributed by atoms with E-state index < -0.39 is 27.5 Å². The fourth-order valence-corrected chi connectivity index (χ4v) is 2.47. The van der Waals surface area contributed by atoms with Gasteiger partial charge in [-0.25, -0.2) is 9.11 Å². The molecule has 0 aromatic heterocycles. The van der Waals surface area contributed by atoms with Crippen LogP contribution in [-0.2, 0) is 10.2 Å². The summed E-state index contributed by atoms with van der Waals surface area (Å²) in [5.74, 6) is -1.72. The second-order valence-corrected chi connectivity index (χ2v) is 7.91. The Labute approximate surface area is 152 Å². The van der Waals surface area contributed by atoms with E-state index in [0.717, 1.165) is 15.9 Å². The third kappa shape index (κ3) is 6.15. The molecule has 1 N–H and O–H groups in total. The summed E-state index contributed by atoms with van der Waals surface area (Å²) in [4.78, 5) is 12.0. The van der Waals surface area contributed by atoms with Gasteiger partial charge in [-0.1, -0.05) is 18.2 Å². The van der Waals surface area contributed by atoms with Crippen LogP contribution in [0.15, 0.2) is 35.4 Å². The van der Waals surface area contributed by atoms with Gasteiger partial charge < -0.3 is 4.74 Å². The Morgan fingerprint density at radius 3 is 2.56 bits per heavy atom. The molecule has 138 valence electrons. The van der Waals surface area contributed by atoms with Gasteiger partial charge in [-0.3, -0.25) is 4.79 Å². The van der Waals surface area contributed by atoms with Gasteiger partial charge in [-0.15, -0.1) is 0 Å². The number of hydrogen-bond acceptors (Lipinski definition) is 4. The molecule has 9 heteroatoms. The van der Waals surface area contributed by atoms with Gasteiger partial charge >= 0.3 is 10.2 Å². The molecule has 0 saturated carbocycles. The molecular weight excluding hydrogens is 371 g/mol. The van der Waals surface area contributed by atoms with Crippen molar-refractivity contribution < 1.29 is 22.3 Å². The van der Waals surface area contributed by atoms with E-state index in [2.05, 4.69) is 6.58 Å². The smallest absolute Gasteiger partial charge is 0.303 e. The Bertz CT molecular complexity index is 820. The Morgan fingerprint density at radius 1 is 1.44 bits per heavy atom. The first-order chi connectivity index (χ1) is 11.4. The van der Waals surface area contributed by atoms with Gasteiger partial charge in [0.25, 0.3) is 5.91 Å². The van der Waals surface area contributed by atoms with Crippen molar-refractivity contribution in [3.8, 4) is 5.75 Å². The summed E-state index contributed by atoms with van der Waals surface area (Å²) in [6.45, 7) is 7.08. The number of allylic oxidation sites excluding steroid dienone is 2. The second-order valence-electron chi connectivity index (χ2n) is 5.54. The van der Waals surface area contributed by atoms with Crippen molar-refractivity contribution in [3.63, 3.8) is 0 Å². The zero-order valence-electron chi connectivity index (χ0n) is 14.4. The molecule has 0 aliphatic rings. The fraction of sp³-hybridized carbons (Fsp3) is 0.312. The van der Waals surface area contributed by atoms with E-state index in [1.807, 2.05) is 0 Å². The maximum Gasteiger partial charge on any atom is 0.303 e. The fourth-order valence-electron chi connectivity index (χ4n) is 1.76. The van der Waals surface area contributed by atoms with Crippen LogP contribution in [0.4, 0.5) is 4.39 Å². The van der Waals surface area contributed by atoms with E-state index in [4.69, 9.17) is 16.3 Å². The third-order valence-electron chi connectivity index (χ3n) is 3.07. The van der Waals surface area contributed by atoms with Crippen LogP contribution in [-0.4, -0.2) is 39.3 Å². The van der Waals surface area contributed by atoms with Crippen molar-refractivity contribution in [2.24, 2.45) is 0 Å². The van der Waals surface area contributed by atoms with E-state index in [1.54, 1.807) is 24.6 Å². The van der Waals surface area contributed by atoms with Gasteiger partial charge in [0.1, 0.15) is 18.2 Å². The molecule has 0 saturated heterocycles. The number of hydrogen-bond donors (Lipinski definition) is 1. The summed E-state index contributed by atoms with van der Waals surface area (Å²) in [5, 5.41) is 0.345. The lowest BCUT2D eigenvalue weighted by atomic mass is 10.1. The third-order valence-corrected chi connectivity index (χ3v) is 4.58. The number of ether oxygens (including phenoxy) is 1. The summed E-state index contributed by atoms with van der Waals surface area (Å²) >= 11 is 5.66. The summed E-state index contributed by atoms with van der Waals surface area (Å²) in [7, 11) is -1.51. The molecule has 0 aliphatic heterocycles. The molecule has 0 aliphatic carbocycles. The highest BCUT2D eigenvalue weighted by molar-refractivity contribution is 7.87. The summed E-state index contributed by atoms with van der Waals surface area (Å²) < 4.78 is 45.6. The van der Waals surface area contributed by atoms with Gasteiger partial charge in [0, 0.05) is 25.2 Å². The summed E-state index contributed by atoms with van der Waals surface area (Å²) in [5.41, 5.74) is 0.863. The molecule has 0 fully saturated rings. The van der Waals surface area contributed by atoms with E-state index in [-0.39, 0.29) is 12.4 Å². The number of nitrogens with one attached hydrogen (secondary N) is 1. The Balaban J connectivity index is 3.00. The molecule has 1 aromatic carbocycles. The minimum absolute atomic E-state index is 0.159. The minimum Gasteiger partial charge on any atom is -0.489 e. The Kier molecular flexibility index (Phi) is 7.16. The van der Waals surface area contributed by atoms with Gasteiger partial charge in [0.2, 0.25) is 0 Å². The zero-order valence-corrected chi connectivity index (χ0v) is 16.0. The van der Waals surface area contributed by atoms with E-state index >= 15 is 0 Å². The number of amides is 1. The first kappa shape index (κ1) is 21.1. The SMILES string of the molecule is C=C(Cl)C=C(C)COc1cc(F)c(C(=O)NS(=O)(=O)N(C)C)cc1C. The van der Waals surface area contributed by atoms with Crippen LogP contribution in [0.3, 0.4) is 0 Å². The monoisotopic (exact) mass is 390 g/mol. The van der Waals surface area contributed by atoms with Crippen LogP contribution in [0.2, 0.25) is 0 Å². The molecule has 0 atom stereocenters. The molecule has 0 bridgehead atoms. The van der Waals surface area contributed by atoms with Crippen molar-refractivity contribution in [2.75, 3.05) is 20.7 Å². The van der Waals surface area contributed by atoms with Crippen molar-refractivity contribution in [2.45, 2.75) is 13.8 Å². The maximum atomic E-state index is 14.2. The number of carbonyl (C=O) groups excluding carboxylic acids is 1. The van der Waals surface area contributed by atoms with E-state index in [0.29, 0.717) is 10.6 Å². The molecule has 6 nitrogen and oxygen atoms in total. The topological polar surface area (TPSA) is 75.7 Å². The molecule has 0 spiro atoms. The number of benzene rings is 1. The number of aryl methyl sites for hydroxylation is 1. The van der Waals surface area contributed by atoms with Gasteiger partial charge in [0.15, 0.2) is 0 Å². The van der Waals surface area contributed by atoms with Gasteiger partial charge in [-0.05, 0) is 37.1 Å². The number of halogens is 2. The Morgan fingerprint density at radius 2 is 2.04 bits per heavy atom. The highest BCUT2D eigenvalue weighted by atomic mass is 35.5. The predicted molar refractivity (Wildman–Crippen MR) is 95.5 cm³/mol. The molecule has 25 heavy (non-hydrogen) atoms. The summed E-state index contributed by atoms with van der Waals surface area (Å²) in [6.07, 6.45) is 1.61. The van der Waals surface area contributed by atoms with E-state index in [1.165, 1.54) is 20.2 Å². The average molecular weight is 391 g/mol. The lowest BCUT2D eigenvalue weighted by Gasteiger charge is -2.14. The standard InChI is InChI=1S/C16H20ClFN2O4S/c1-10(6-12(3)17)9-24-15-8-14(18)13(7-11(15)2)16(21)19-25(22,23)20(4)5/h6-8H,3,9H2,1-2,4-5H3,(H,19,21). The predicted octanol–water partition coefficient (Wildman–Crippen LogP) is 2.75. The molecule has 0 heterocycles. The van der Waals surface area contributed by atoms with Gasteiger partial charge in [0.05, 0.1) is 5.56 Å². The zero-order chi connectivity index (χ0) is 19.4. The lowest BCUT2D eigenvalue weighted by molar-refractivity contribution is 0.0975. The van der Waals surface area contributed by atoms with Crippen LogP contribution in [0.1, 0.15) is 22.8 Å². The van der Waals surface area contributed by atoms with Crippen molar-refractivity contribution in [1.29, 1.82) is 0 Å². The van der Waals surface area contributed by atoms with E-state index in [9.17, 15) is 17.6 Å². The first-order valence-electron chi connectivity index (χ1n) is 7.13. The minimum atomic E-state index is -4.01. The van der Waals surface area contributed by atoms with Crippen LogP contribution >= 0.6 is 11.6 Å². The largest absolute Gasteiger partial charge is 0.489 e. The molecule has 1 rings (SSSR count). The highest BCUT2D eigenvalue weighted by Crippen LogP contribution is 2.23. The van der Waals surface area contributed by atoms with Crippen molar-refractivity contribution in [3.05, 3.63) is 52.3 Å². The maximum absolute atomic E-state index is 14.2.